The molecule has 0 aliphatic heterocycles. The summed E-state index contributed by atoms with van der Waals surface area (Å²) < 4.78 is 7.53. The number of carbonyl (C=O) groups excluding carboxylic acids is 2. The predicted molar refractivity (Wildman–Crippen MR) is 46.0 cm³/mol. The Morgan fingerprint density at radius 2 is 1.58 bits per heavy atom. The Morgan fingerprint density at radius 3 is 1.75 bits per heavy atom. The number of ether oxygens (including phenoxy) is 2. The van der Waals surface area contributed by atoms with Gasteiger partial charge < -0.3 is 9.47 Å². The highest BCUT2D eigenvalue weighted by Gasteiger charge is 2.44. The molecule has 0 aromatic rings. The Kier molecular flexibility index (Phi) is 4.23. The summed E-state index contributed by atoms with van der Waals surface area (Å²) in [7, 11) is 2.44. The van der Waals surface area contributed by atoms with Gasteiger partial charge in [0, 0.05) is 0 Å². The Labute approximate surface area is 79.3 Å². The number of alkyl halides is 1. The molecule has 0 fully saturated rings. The molecule has 0 radical (unpaired) electrons. The third kappa shape index (κ3) is 1.97. The fraction of sp³-hybridized carbons (Fsp3) is 0.714. The van der Waals surface area contributed by atoms with Gasteiger partial charge in [-0.2, -0.15) is 0 Å². The first-order valence-electron chi connectivity index (χ1n) is 3.38. The van der Waals surface area contributed by atoms with E-state index in [-0.39, 0.29) is 6.42 Å². The molecule has 0 rings (SSSR count). The minimum Gasteiger partial charge on any atom is -0.468 e. The topological polar surface area (TPSA) is 52.6 Å². The minimum atomic E-state index is -1.35. The number of hydrogen-bond acceptors (Lipinski definition) is 4. The molecule has 0 saturated heterocycles. The van der Waals surface area contributed by atoms with E-state index >= 15 is 0 Å². The molecule has 0 N–H and O–H groups in total. The van der Waals surface area contributed by atoms with E-state index in [0.29, 0.717) is 0 Å². The zero-order valence-electron chi connectivity index (χ0n) is 7.22. The van der Waals surface area contributed by atoms with Crippen LogP contribution in [0.4, 0.5) is 0 Å². The average molecular weight is 239 g/mol. The summed E-state index contributed by atoms with van der Waals surface area (Å²) >= 11 is 2.99. The molecule has 12 heavy (non-hydrogen) atoms. The molecular weight excluding hydrogens is 228 g/mol. The molecule has 0 aliphatic rings. The molecule has 0 aromatic heterocycles. The molecule has 0 spiro atoms. The van der Waals surface area contributed by atoms with Crippen LogP contribution in [-0.4, -0.2) is 30.5 Å². The maximum atomic E-state index is 11.1. The molecule has 0 aliphatic carbocycles. The van der Waals surface area contributed by atoms with E-state index in [2.05, 4.69) is 25.4 Å². The highest BCUT2D eigenvalue weighted by Crippen LogP contribution is 2.25. The molecule has 5 heteroatoms. The van der Waals surface area contributed by atoms with Crippen molar-refractivity contribution in [1.82, 2.24) is 0 Å². The molecule has 70 valence electrons. The average Bonchev–Trinajstić information content (AvgIpc) is 2.13. The zero-order chi connectivity index (χ0) is 9.78. The first-order valence-corrected chi connectivity index (χ1v) is 4.18. The van der Waals surface area contributed by atoms with Crippen molar-refractivity contribution in [3.05, 3.63) is 0 Å². The number of esters is 2. The van der Waals surface area contributed by atoms with E-state index < -0.39 is 16.3 Å². The van der Waals surface area contributed by atoms with Crippen LogP contribution in [0.3, 0.4) is 0 Å². The number of carbonyl (C=O) groups is 2. The van der Waals surface area contributed by atoms with E-state index in [1.807, 2.05) is 0 Å². The molecule has 0 aromatic carbocycles. The summed E-state index contributed by atoms with van der Waals surface area (Å²) in [4.78, 5) is 22.2. The van der Waals surface area contributed by atoms with Gasteiger partial charge in [-0.3, -0.25) is 0 Å². The largest absolute Gasteiger partial charge is 0.468 e. The number of rotatable bonds is 3. The van der Waals surface area contributed by atoms with Crippen LogP contribution in [0.5, 0.6) is 0 Å². The number of halogens is 1. The Hall–Kier alpha value is -0.580. The summed E-state index contributed by atoms with van der Waals surface area (Å²) in [5.41, 5.74) is 0. The van der Waals surface area contributed by atoms with Crippen LogP contribution in [0.25, 0.3) is 0 Å². The monoisotopic (exact) mass is 238 g/mol. The van der Waals surface area contributed by atoms with Gasteiger partial charge in [0.2, 0.25) is 4.32 Å². The van der Waals surface area contributed by atoms with E-state index in [4.69, 9.17) is 0 Å². The van der Waals surface area contributed by atoms with Crippen molar-refractivity contribution in [2.24, 2.45) is 0 Å². The summed E-state index contributed by atoms with van der Waals surface area (Å²) in [5.74, 6) is -1.28. The SMILES string of the molecule is CCC(Br)(C(=O)OC)C(=O)OC. The molecule has 4 nitrogen and oxygen atoms in total. The van der Waals surface area contributed by atoms with E-state index in [9.17, 15) is 9.59 Å². The van der Waals surface area contributed by atoms with Crippen LogP contribution in [0.15, 0.2) is 0 Å². The first kappa shape index (κ1) is 11.4. The van der Waals surface area contributed by atoms with Gasteiger partial charge in [-0.05, 0) is 6.42 Å². The summed E-state index contributed by atoms with van der Waals surface area (Å²) in [6, 6.07) is 0. The van der Waals surface area contributed by atoms with Crippen molar-refractivity contribution < 1.29 is 19.1 Å². The standard InChI is InChI=1S/C7H11BrO4/c1-4-7(8,5(9)11-2)6(10)12-3/h4H2,1-3H3. The van der Waals surface area contributed by atoms with Gasteiger partial charge in [-0.1, -0.05) is 22.9 Å². The lowest BCUT2D eigenvalue weighted by Crippen LogP contribution is -2.41. The Bertz CT molecular complexity index is 174. The molecule has 0 unspecified atom stereocenters. The lowest BCUT2D eigenvalue weighted by atomic mass is 10.1. The van der Waals surface area contributed by atoms with Gasteiger partial charge >= 0.3 is 11.9 Å². The highest BCUT2D eigenvalue weighted by atomic mass is 79.9. The minimum absolute atomic E-state index is 0.284. The van der Waals surface area contributed by atoms with Crippen LogP contribution in [0.2, 0.25) is 0 Å². The third-order valence-electron chi connectivity index (χ3n) is 1.51. The van der Waals surface area contributed by atoms with Crippen LogP contribution in [0, 0.1) is 0 Å². The van der Waals surface area contributed by atoms with E-state index in [1.54, 1.807) is 6.92 Å². The zero-order valence-corrected chi connectivity index (χ0v) is 8.80. The second-order valence-corrected chi connectivity index (χ2v) is 3.49. The third-order valence-corrected chi connectivity index (χ3v) is 2.71. The second-order valence-electron chi connectivity index (χ2n) is 2.14. The van der Waals surface area contributed by atoms with Crippen LogP contribution >= 0.6 is 15.9 Å². The molecular formula is C7H11BrO4. The maximum Gasteiger partial charge on any atom is 0.334 e. The lowest BCUT2D eigenvalue weighted by molar-refractivity contribution is -0.155. The van der Waals surface area contributed by atoms with Crippen molar-refractivity contribution in [3.63, 3.8) is 0 Å². The second kappa shape index (κ2) is 4.45. The predicted octanol–water partition coefficient (Wildman–Crippen LogP) is 0.876. The highest BCUT2D eigenvalue weighted by molar-refractivity contribution is 9.10. The van der Waals surface area contributed by atoms with Gasteiger partial charge in [0.25, 0.3) is 0 Å². The van der Waals surface area contributed by atoms with Crippen molar-refractivity contribution in [2.75, 3.05) is 14.2 Å². The molecule has 0 heterocycles. The van der Waals surface area contributed by atoms with Gasteiger partial charge in [-0.15, -0.1) is 0 Å². The summed E-state index contributed by atoms with van der Waals surface area (Å²) in [6.07, 6.45) is 0.284. The molecule has 0 atom stereocenters. The van der Waals surface area contributed by atoms with Crippen molar-refractivity contribution >= 4 is 27.9 Å². The Balaban J connectivity index is 4.66. The van der Waals surface area contributed by atoms with Crippen LogP contribution in [-0.2, 0) is 19.1 Å². The van der Waals surface area contributed by atoms with Crippen molar-refractivity contribution in [3.8, 4) is 0 Å². The fourth-order valence-electron chi connectivity index (χ4n) is 0.696. The van der Waals surface area contributed by atoms with E-state index in [0.717, 1.165) is 0 Å². The van der Waals surface area contributed by atoms with Crippen LogP contribution in [0.1, 0.15) is 13.3 Å². The first-order chi connectivity index (χ1) is 5.52. The molecule has 0 saturated carbocycles. The smallest absolute Gasteiger partial charge is 0.334 e. The summed E-state index contributed by atoms with van der Waals surface area (Å²) in [5, 5.41) is 0. The molecule has 0 amide bonds. The molecule has 0 bridgehead atoms. The maximum absolute atomic E-state index is 11.1. The van der Waals surface area contributed by atoms with Crippen LogP contribution < -0.4 is 0 Å². The Morgan fingerprint density at radius 1 is 1.25 bits per heavy atom. The van der Waals surface area contributed by atoms with Crippen molar-refractivity contribution in [2.45, 2.75) is 17.7 Å². The number of methoxy groups -OCH3 is 2. The van der Waals surface area contributed by atoms with Gasteiger partial charge in [0.1, 0.15) is 0 Å². The summed E-state index contributed by atoms with van der Waals surface area (Å²) in [6.45, 7) is 1.68. The quantitative estimate of drug-likeness (QED) is 0.416. The fourth-order valence-corrected chi connectivity index (χ4v) is 1.02. The van der Waals surface area contributed by atoms with Gasteiger partial charge in [-0.25, -0.2) is 9.59 Å². The van der Waals surface area contributed by atoms with Gasteiger partial charge in [0.15, 0.2) is 0 Å². The number of hydrogen-bond donors (Lipinski definition) is 0. The van der Waals surface area contributed by atoms with Gasteiger partial charge in [0.05, 0.1) is 14.2 Å². The normalized spacial score (nSPS) is 10.7. The van der Waals surface area contributed by atoms with E-state index in [1.165, 1.54) is 14.2 Å². The lowest BCUT2D eigenvalue weighted by Gasteiger charge is -2.19. The van der Waals surface area contributed by atoms with Crippen molar-refractivity contribution in [1.29, 1.82) is 0 Å².